The van der Waals surface area contributed by atoms with Crippen molar-refractivity contribution in [3.63, 3.8) is 0 Å². The van der Waals surface area contributed by atoms with Crippen molar-refractivity contribution >= 4 is 0 Å². The molecule has 4 unspecified atom stereocenters. The SMILES string of the molecule is CCCC(C)(C)ONCCC(CCNOC(C)C(C)CC)(NOCCC(C)CC)[C](CC)NOCCCC(C)C. The van der Waals surface area contributed by atoms with Crippen molar-refractivity contribution in [3.8, 4) is 0 Å². The maximum absolute atomic E-state index is 6.18. The molecular formula is C32H69N4O4. The Morgan fingerprint density at radius 2 is 1.45 bits per heavy atom. The van der Waals surface area contributed by atoms with Crippen LogP contribution in [0.1, 0.15) is 140 Å². The molecule has 0 aliphatic rings. The lowest BCUT2D eigenvalue weighted by Gasteiger charge is -2.41. The second-order valence-electron chi connectivity index (χ2n) is 12.8. The van der Waals surface area contributed by atoms with Crippen LogP contribution in [-0.4, -0.2) is 43.5 Å². The molecule has 0 saturated heterocycles. The summed E-state index contributed by atoms with van der Waals surface area (Å²) in [5, 5.41) is 0. The number of hydrogen-bond acceptors (Lipinski definition) is 8. The predicted molar refractivity (Wildman–Crippen MR) is 168 cm³/mol. The fraction of sp³-hybridized carbons (Fsp3) is 0.969. The minimum atomic E-state index is -0.483. The monoisotopic (exact) mass is 574 g/mol. The molecule has 0 aromatic rings. The van der Waals surface area contributed by atoms with E-state index in [4.69, 9.17) is 19.4 Å². The van der Waals surface area contributed by atoms with Gasteiger partial charge in [-0.3, -0.25) is 9.68 Å². The van der Waals surface area contributed by atoms with E-state index in [0.29, 0.717) is 44.1 Å². The van der Waals surface area contributed by atoms with Gasteiger partial charge in [-0.15, -0.1) is 0 Å². The quantitative estimate of drug-likeness (QED) is 0.0568. The van der Waals surface area contributed by atoms with Gasteiger partial charge in [0, 0.05) is 13.1 Å². The summed E-state index contributed by atoms with van der Waals surface area (Å²) in [5.74, 6) is 1.79. The van der Waals surface area contributed by atoms with Gasteiger partial charge in [0.15, 0.2) is 0 Å². The van der Waals surface area contributed by atoms with Crippen LogP contribution in [0.15, 0.2) is 0 Å². The minimum Gasteiger partial charge on any atom is -0.301 e. The first kappa shape index (κ1) is 39.7. The summed E-state index contributed by atoms with van der Waals surface area (Å²) in [6.45, 7) is 26.8. The molecule has 8 heteroatoms. The molecule has 0 saturated carbocycles. The molecule has 0 aliphatic carbocycles. The normalized spacial score (nSPS) is 16.4. The molecule has 0 spiro atoms. The summed E-state index contributed by atoms with van der Waals surface area (Å²) in [5.41, 5.74) is 12.6. The Hall–Kier alpha value is -0.320. The maximum Gasteiger partial charge on any atom is 0.0856 e. The second-order valence-corrected chi connectivity index (χ2v) is 12.8. The van der Waals surface area contributed by atoms with Crippen LogP contribution >= 0.6 is 0 Å². The first-order valence-electron chi connectivity index (χ1n) is 16.4. The van der Waals surface area contributed by atoms with Crippen LogP contribution in [0, 0.1) is 23.8 Å². The Morgan fingerprint density at radius 1 is 0.775 bits per heavy atom. The Labute approximate surface area is 249 Å². The van der Waals surface area contributed by atoms with Crippen molar-refractivity contribution in [2.24, 2.45) is 17.8 Å². The highest BCUT2D eigenvalue weighted by Gasteiger charge is 2.39. The second kappa shape index (κ2) is 23.2. The zero-order valence-electron chi connectivity index (χ0n) is 28.3. The van der Waals surface area contributed by atoms with Crippen molar-refractivity contribution in [1.29, 1.82) is 0 Å². The third kappa shape index (κ3) is 18.3. The highest BCUT2D eigenvalue weighted by Crippen LogP contribution is 2.29. The van der Waals surface area contributed by atoms with E-state index in [0.717, 1.165) is 70.3 Å². The first-order valence-corrected chi connectivity index (χ1v) is 16.4. The van der Waals surface area contributed by atoms with E-state index in [1.54, 1.807) is 0 Å². The molecule has 0 bridgehead atoms. The van der Waals surface area contributed by atoms with Gasteiger partial charge in [0.2, 0.25) is 0 Å². The first-order chi connectivity index (χ1) is 19.0. The van der Waals surface area contributed by atoms with Gasteiger partial charge in [0.25, 0.3) is 0 Å². The molecule has 0 fully saturated rings. The molecule has 8 nitrogen and oxygen atoms in total. The van der Waals surface area contributed by atoms with E-state index >= 15 is 0 Å². The van der Waals surface area contributed by atoms with Gasteiger partial charge >= 0.3 is 0 Å². The Balaban J connectivity index is 5.60. The summed E-state index contributed by atoms with van der Waals surface area (Å²) in [4.78, 5) is 24.2. The van der Waals surface area contributed by atoms with Gasteiger partial charge in [0.1, 0.15) is 0 Å². The molecule has 0 aliphatic heterocycles. The van der Waals surface area contributed by atoms with Crippen LogP contribution in [0.4, 0.5) is 0 Å². The summed E-state index contributed by atoms with van der Waals surface area (Å²) in [7, 11) is 0. The van der Waals surface area contributed by atoms with Crippen molar-refractivity contribution in [3.05, 3.63) is 6.04 Å². The van der Waals surface area contributed by atoms with Crippen molar-refractivity contribution in [2.45, 2.75) is 158 Å². The fourth-order valence-corrected chi connectivity index (χ4v) is 4.52. The summed E-state index contributed by atoms with van der Waals surface area (Å²) < 4.78 is 0. The van der Waals surface area contributed by atoms with Gasteiger partial charge in [-0.2, -0.15) is 11.0 Å². The van der Waals surface area contributed by atoms with Gasteiger partial charge < -0.3 is 9.68 Å². The fourth-order valence-electron chi connectivity index (χ4n) is 4.52. The van der Waals surface area contributed by atoms with Crippen LogP contribution in [0.2, 0.25) is 0 Å². The number of nitrogens with one attached hydrogen (secondary N) is 4. The van der Waals surface area contributed by atoms with E-state index < -0.39 is 5.54 Å². The van der Waals surface area contributed by atoms with Crippen LogP contribution in [-0.2, 0) is 19.4 Å². The van der Waals surface area contributed by atoms with Gasteiger partial charge in [-0.25, -0.2) is 11.0 Å². The van der Waals surface area contributed by atoms with Gasteiger partial charge in [0.05, 0.1) is 36.5 Å². The molecule has 1 radical (unpaired) electrons. The topological polar surface area (TPSA) is 85.0 Å². The number of rotatable bonds is 28. The smallest absolute Gasteiger partial charge is 0.0856 e. The van der Waals surface area contributed by atoms with Crippen LogP contribution in [0.5, 0.6) is 0 Å². The summed E-state index contributed by atoms with van der Waals surface area (Å²) >= 11 is 0. The Kier molecular flexibility index (Phi) is 23.0. The Morgan fingerprint density at radius 3 is 2.02 bits per heavy atom. The van der Waals surface area contributed by atoms with Crippen LogP contribution < -0.4 is 21.9 Å². The number of hydroxylamine groups is 4. The van der Waals surface area contributed by atoms with E-state index in [9.17, 15) is 0 Å². The molecule has 4 atom stereocenters. The highest BCUT2D eigenvalue weighted by atomic mass is 16.7. The molecule has 0 amide bonds. The Bertz CT molecular complexity index is 581. The van der Waals surface area contributed by atoms with Gasteiger partial charge in [-0.1, -0.05) is 74.7 Å². The van der Waals surface area contributed by atoms with Crippen LogP contribution in [0.3, 0.4) is 0 Å². The highest BCUT2D eigenvalue weighted by molar-refractivity contribution is 5.09. The molecule has 0 aromatic carbocycles. The zero-order chi connectivity index (χ0) is 30.4. The lowest BCUT2D eigenvalue weighted by Crippen LogP contribution is -2.57. The predicted octanol–water partition coefficient (Wildman–Crippen LogP) is 7.42. The third-order valence-electron chi connectivity index (χ3n) is 8.05. The minimum absolute atomic E-state index is 0.145. The van der Waals surface area contributed by atoms with E-state index in [1.165, 1.54) is 0 Å². The molecule has 241 valence electrons. The summed E-state index contributed by atoms with van der Waals surface area (Å²) in [6.07, 6.45) is 9.97. The average molecular weight is 574 g/mol. The molecule has 4 N–H and O–H groups in total. The van der Waals surface area contributed by atoms with Crippen molar-refractivity contribution in [2.75, 3.05) is 26.3 Å². The van der Waals surface area contributed by atoms with E-state index in [2.05, 4.69) is 98.1 Å². The van der Waals surface area contributed by atoms with Gasteiger partial charge in [-0.05, 0) is 83.5 Å². The summed E-state index contributed by atoms with van der Waals surface area (Å²) in [6, 6.07) is 1.08. The lowest BCUT2D eigenvalue weighted by molar-refractivity contribution is -0.0994. The van der Waals surface area contributed by atoms with E-state index in [1.807, 2.05) is 0 Å². The zero-order valence-corrected chi connectivity index (χ0v) is 28.3. The molecule has 0 rings (SSSR count). The number of hydrogen-bond donors (Lipinski definition) is 4. The van der Waals surface area contributed by atoms with Crippen molar-refractivity contribution < 1.29 is 19.4 Å². The third-order valence-corrected chi connectivity index (χ3v) is 8.05. The standard InChI is InChI=1S/C32H69N4O4/c1-12-19-31(10,11)40-34-23-21-32(36-38-25-18-27(7)13-2,20-22-33-39-29(9)28(8)14-3)30(15-4)35-37-24-16-17-26(5)6/h26-29,33-36H,12-25H2,1-11H3. The maximum atomic E-state index is 6.18. The average Bonchev–Trinajstić information content (AvgIpc) is 2.92. The molecular weight excluding hydrogens is 504 g/mol. The largest absolute Gasteiger partial charge is 0.301 e. The molecule has 40 heavy (non-hydrogen) atoms. The molecule has 0 aromatic heterocycles. The van der Waals surface area contributed by atoms with E-state index in [-0.39, 0.29) is 11.7 Å². The molecule has 0 heterocycles. The lowest BCUT2D eigenvalue weighted by atomic mass is 9.83. The van der Waals surface area contributed by atoms with Crippen molar-refractivity contribution in [1.82, 2.24) is 21.9 Å². The van der Waals surface area contributed by atoms with Crippen LogP contribution in [0.25, 0.3) is 0 Å².